The third-order valence-corrected chi connectivity index (χ3v) is 9.99. The van der Waals surface area contributed by atoms with Crippen molar-refractivity contribution in [3.8, 4) is 11.3 Å². The van der Waals surface area contributed by atoms with Gasteiger partial charge in [-0.2, -0.15) is 0 Å². The molecule has 0 saturated carbocycles. The monoisotopic (exact) mass is 843 g/mol. The Morgan fingerprint density at radius 3 is 1.98 bits per heavy atom. The van der Waals surface area contributed by atoms with Crippen LogP contribution in [0.5, 0.6) is 0 Å². The number of allylic oxidation sites excluding steroid dienone is 2. The van der Waals surface area contributed by atoms with Crippen LogP contribution in [0.15, 0.2) is 46.7 Å². The first-order valence-corrected chi connectivity index (χ1v) is 18.2. The Balaban J connectivity index is 0.000000347. The fourth-order valence-corrected chi connectivity index (χ4v) is 7.31. The average Bonchev–Trinajstić information content (AvgIpc) is 3.36. The van der Waals surface area contributed by atoms with Gasteiger partial charge in [0, 0.05) is 60.5 Å². The van der Waals surface area contributed by atoms with Gasteiger partial charge in [0.05, 0.1) is 5.76 Å². The van der Waals surface area contributed by atoms with E-state index in [-0.39, 0.29) is 59.7 Å². The predicted molar refractivity (Wildman–Crippen MR) is 203 cm³/mol. The van der Waals surface area contributed by atoms with Crippen molar-refractivity contribution in [2.75, 3.05) is 0 Å². The minimum Gasteiger partial charge on any atom is -0.512 e. The van der Waals surface area contributed by atoms with Crippen molar-refractivity contribution >= 4 is 27.7 Å². The molecule has 2 aromatic heterocycles. The number of aryl methyl sites for hydroxylation is 1. The molecule has 2 heterocycles. The second-order valence-corrected chi connectivity index (χ2v) is 17.0. The van der Waals surface area contributed by atoms with Crippen molar-refractivity contribution in [3.05, 3.63) is 76.2 Å². The van der Waals surface area contributed by atoms with Gasteiger partial charge in [0.15, 0.2) is 5.78 Å². The van der Waals surface area contributed by atoms with E-state index in [9.17, 15) is 9.90 Å². The van der Waals surface area contributed by atoms with Gasteiger partial charge in [0.2, 0.25) is 0 Å². The number of fused-ring (bicyclic) bond motifs is 2. The fraction of sp³-hybridized carbons (Fsp3) is 0.545. The second kappa shape index (κ2) is 15.6. The van der Waals surface area contributed by atoms with Crippen LogP contribution in [0.2, 0.25) is 0 Å². The number of ketones is 1. The molecule has 0 spiro atoms. The summed E-state index contributed by atoms with van der Waals surface area (Å²) in [7, 11) is 0. The summed E-state index contributed by atoms with van der Waals surface area (Å²) in [6.45, 7) is 28.6. The molecule has 5 rings (SSSR count). The molecule has 0 unspecified atom stereocenters. The molecule has 5 heteroatoms. The molecule has 269 valence electrons. The number of pyridine rings is 1. The third-order valence-electron chi connectivity index (χ3n) is 9.99. The molecule has 0 fully saturated rings. The van der Waals surface area contributed by atoms with Gasteiger partial charge in [-0.05, 0) is 71.6 Å². The molecule has 1 radical (unpaired) electrons. The summed E-state index contributed by atoms with van der Waals surface area (Å²) in [5, 5.41) is 12.2. The summed E-state index contributed by atoms with van der Waals surface area (Å²) < 4.78 is 6.84. The quantitative estimate of drug-likeness (QED) is 0.104. The van der Waals surface area contributed by atoms with E-state index in [2.05, 4.69) is 92.6 Å². The van der Waals surface area contributed by atoms with E-state index >= 15 is 0 Å². The fourth-order valence-electron chi connectivity index (χ4n) is 7.31. The number of aromatic nitrogens is 1. The molecule has 0 saturated heterocycles. The van der Waals surface area contributed by atoms with Crippen molar-refractivity contribution in [2.24, 2.45) is 22.7 Å². The van der Waals surface area contributed by atoms with Crippen LogP contribution in [0.4, 0.5) is 0 Å². The molecule has 4 nitrogen and oxygen atoms in total. The topological polar surface area (TPSA) is 63.3 Å². The molecular weight excluding hydrogens is 783 g/mol. The van der Waals surface area contributed by atoms with Crippen LogP contribution in [-0.2, 0) is 43.2 Å². The third kappa shape index (κ3) is 8.77. The smallest absolute Gasteiger partial charge is 0.162 e. The molecule has 1 aliphatic rings. The first-order valence-electron chi connectivity index (χ1n) is 18.2. The van der Waals surface area contributed by atoms with E-state index in [0.717, 1.165) is 60.9 Å². The summed E-state index contributed by atoms with van der Waals surface area (Å²) in [4.78, 5) is 16.8. The Hall–Kier alpha value is -2.75. The number of furan rings is 1. The van der Waals surface area contributed by atoms with Gasteiger partial charge in [-0.3, -0.25) is 4.79 Å². The Kier molecular flexibility index (Phi) is 13.0. The SMILES string of the molecule is CCC(CC)C(=O)/C=C(\O)C(CC)CC.Cc1c[c-]c2c(c1)C(C)(C)c1ccc(CC(C)(C)C)c3oc4c(CC(C)(C)C)cnc-2c4c13.[Ir]. The largest absolute Gasteiger partial charge is 0.512 e. The maximum atomic E-state index is 11.7. The van der Waals surface area contributed by atoms with Gasteiger partial charge in [-0.1, -0.05) is 102 Å². The number of hydrogen-bond donors (Lipinski definition) is 1. The van der Waals surface area contributed by atoms with Gasteiger partial charge >= 0.3 is 0 Å². The molecule has 49 heavy (non-hydrogen) atoms. The normalized spacial score (nSPS) is 14.1. The minimum absolute atomic E-state index is 0. The van der Waals surface area contributed by atoms with Crippen LogP contribution in [0, 0.1) is 35.7 Å². The maximum Gasteiger partial charge on any atom is 0.162 e. The van der Waals surface area contributed by atoms with E-state index in [4.69, 9.17) is 9.40 Å². The van der Waals surface area contributed by atoms with Gasteiger partial charge in [0.1, 0.15) is 11.2 Å². The summed E-state index contributed by atoms with van der Waals surface area (Å²) >= 11 is 0. The Morgan fingerprint density at radius 1 is 0.878 bits per heavy atom. The molecular formula is C44H60IrNO3-. The zero-order chi connectivity index (χ0) is 35.8. The Labute approximate surface area is 309 Å². The molecule has 1 N–H and O–H groups in total. The van der Waals surface area contributed by atoms with Crippen LogP contribution in [0.25, 0.3) is 33.2 Å². The first kappa shape index (κ1) is 40.7. The number of carbonyl (C=O) groups is 1. The van der Waals surface area contributed by atoms with Crippen LogP contribution in [-0.4, -0.2) is 15.9 Å². The predicted octanol–water partition coefficient (Wildman–Crippen LogP) is 12.4. The number of carbonyl (C=O) groups excluding carboxylic acids is 1. The molecule has 0 amide bonds. The average molecular weight is 843 g/mol. The van der Waals surface area contributed by atoms with Crippen molar-refractivity contribution < 1.29 is 34.4 Å². The standard InChI is InChI=1S/C31H36NO.C13H24O2.Ir/c1-18-10-12-21-23(14-18)31(8,9)22-13-11-19(15-29(2,3)4)27-24(22)25-26(21)32-17-20(28(25)33-27)16-30(5,6)7;1-5-10(6-2)12(14)9-13(15)11(7-3)8-4;/h10-11,13-14,17H,15-16H2,1-9H3;9-11,14H,5-8H2,1-4H3;/q-1;;/b;12-9-;. The number of nitrogens with zero attached hydrogens (tertiary/aromatic N) is 1. The van der Waals surface area contributed by atoms with E-state index in [0.29, 0.717) is 0 Å². The Morgan fingerprint density at radius 2 is 1.43 bits per heavy atom. The zero-order valence-corrected chi connectivity index (χ0v) is 34.8. The van der Waals surface area contributed by atoms with E-state index in [1.54, 1.807) is 0 Å². The number of hydrogen-bond acceptors (Lipinski definition) is 4. The van der Waals surface area contributed by atoms with Crippen molar-refractivity contribution in [2.45, 2.75) is 134 Å². The van der Waals surface area contributed by atoms with Gasteiger partial charge < -0.3 is 14.5 Å². The molecule has 0 atom stereocenters. The molecule has 4 aromatic rings. The number of aliphatic hydroxyl groups is 1. The minimum atomic E-state index is -0.182. The van der Waals surface area contributed by atoms with E-state index in [1.807, 2.05) is 33.9 Å². The van der Waals surface area contributed by atoms with Crippen molar-refractivity contribution in [1.82, 2.24) is 4.98 Å². The van der Waals surface area contributed by atoms with E-state index in [1.165, 1.54) is 44.7 Å². The zero-order valence-electron chi connectivity index (χ0n) is 32.4. The second-order valence-electron chi connectivity index (χ2n) is 17.0. The summed E-state index contributed by atoms with van der Waals surface area (Å²) in [6.07, 6.45) is 8.85. The Bertz CT molecular complexity index is 1800. The molecule has 2 aromatic carbocycles. The van der Waals surface area contributed by atoms with Crippen LogP contribution < -0.4 is 0 Å². The van der Waals surface area contributed by atoms with Crippen LogP contribution in [0.1, 0.15) is 137 Å². The molecule has 1 aliphatic carbocycles. The van der Waals surface area contributed by atoms with Crippen LogP contribution in [0.3, 0.4) is 0 Å². The van der Waals surface area contributed by atoms with E-state index < -0.39 is 0 Å². The van der Waals surface area contributed by atoms with Crippen LogP contribution >= 0.6 is 0 Å². The molecule has 0 bridgehead atoms. The number of aliphatic hydroxyl groups excluding tert-OH is 1. The van der Waals surface area contributed by atoms with Crippen molar-refractivity contribution in [3.63, 3.8) is 0 Å². The summed E-state index contributed by atoms with van der Waals surface area (Å²) in [5.74, 6) is 0.547. The summed E-state index contributed by atoms with van der Waals surface area (Å²) in [6, 6.07) is 12.6. The van der Waals surface area contributed by atoms with Gasteiger partial charge in [0.25, 0.3) is 0 Å². The summed E-state index contributed by atoms with van der Waals surface area (Å²) in [5.41, 5.74) is 10.6. The van der Waals surface area contributed by atoms with Gasteiger partial charge in [-0.15, -0.1) is 34.9 Å². The maximum absolute atomic E-state index is 11.7. The number of benzene rings is 2. The van der Waals surface area contributed by atoms with Gasteiger partial charge in [-0.25, -0.2) is 0 Å². The first-order chi connectivity index (χ1) is 22.4. The molecule has 0 aliphatic heterocycles. The van der Waals surface area contributed by atoms with Crippen molar-refractivity contribution in [1.29, 1.82) is 0 Å². The number of rotatable bonds is 9.